The zero-order valence-corrected chi connectivity index (χ0v) is 12.3. The van der Waals surface area contributed by atoms with Crippen molar-refractivity contribution in [1.82, 2.24) is 0 Å². The van der Waals surface area contributed by atoms with Crippen LogP contribution in [0.4, 0.5) is 8.78 Å². The molecule has 2 aromatic rings. The molecule has 1 atom stereocenters. The molecule has 1 nitrogen and oxygen atoms in total. The largest absolute Gasteiger partial charge is 0.320 e. The maximum atomic E-state index is 13.9. The van der Waals surface area contributed by atoms with Crippen molar-refractivity contribution in [3.63, 3.8) is 0 Å². The lowest BCUT2D eigenvalue weighted by Gasteiger charge is -2.17. The summed E-state index contributed by atoms with van der Waals surface area (Å²) in [6.45, 7) is 3.51. The topological polar surface area (TPSA) is 26.0 Å². The maximum Gasteiger partial charge on any atom is 0.131 e. The third-order valence-corrected chi connectivity index (χ3v) is 3.68. The van der Waals surface area contributed by atoms with Crippen LogP contribution < -0.4 is 5.73 Å². The van der Waals surface area contributed by atoms with Crippen LogP contribution in [0.25, 0.3) is 0 Å². The van der Waals surface area contributed by atoms with Crippen LogP contribution in [0.2, 0.25) is 0 Å². The lowest BCUT2D eigenvalue weighted by molar-refractivity contribution is 0.560. The Bertz CT molecular complexity index is 626. The lowest BCUT2D eigenvalue weighted by atomic mass is 9.94. The van der Waals surface area contributed by atoms with Gasteiger partial charge in [-0.25, -0.2) is 8.78 Å². The zero-order valence-electron chi connectivity index (χ0n) is 10.7. The van der Waals surface area contributed by atoms with Crippen LogP contribution in [0.5, 0.6) is 0 Å². The van der Waals surface area contributed by atoms with E-state index in [1.165, 1.54) is 6.07 Å². The minimum Gasteiger partial charge on any atom is -0.320 e. The molecule has 0 heterocycles. The van der Waals surface area contributed by atoms with E-state index < -0.39 is 17.7 Å². The monoisotopic (exact) mass is 325 g/mol. The van der Waals surface area contributed by atoms with Crippen LogP contribution in [0.3, 0.4) is 0 Å². The van der Waals surface area contributed by atoms with E-state index in [9.17, 15) is 8.78 Å². The summed E-state index contributed by atoms with van der Waals surface area (Å²) in [7, 11) is 0. The third kappa shape index (κ3) is 2.85. The molecule has 0 aliphatic carbocycles. The molecule has 0 fully saturated rings. The summed E-state index contributed by atoms with van der Waals surface area (Å²) >= 11 is 3.37. The summed E-state index contributed by atoms with van der Waals surface area (Å²) in [5, 5.41) is 0. The van der Waals surface area contributed by atoms with E-state index in [-0.39, 0.29) is 0 Å². The Morgan fingerprint density at radius 2 is 1.63 bits per heavy atom. The number of hydrogen-bond acceptors (Lipinski definition) is 1. The second-order valence-corrected chi connectivity index (χ2v) is 5.52. The summed E-state index contributed by atoms with van der Waals surface area (Å²) in [6.07, 6.45) is 0. The first kappa shape index (κ1) is 14.2. The van der Waals surface area contributed by atoms with Gasteiger partial charge in [0.25, 0.3) is 0 Å². The molecule has 0 amide bonds. The first-order chi connectivity index (χ1) is 8.90. The number of aryl methyl sites for hydroxylation is 2. The molecule has 1 unspecified atom stereocenters. The lowest BCUT2D eigenvalue weighted by Crippen LogP contribution is -2.15. The van der Waals surface area contributed by atoms with E-state index in [0.717, 1.165) is 21.7 Å². The molecule has 2 rings (SSSR count). The van der Waals surface area contributed by atoms with E-state index in [2.05, 4.69) is 15.9 Å². The fraction of sp³-hybridized carbons (Fsp3) is 0.200. The minimum atomic E-state index is -0.616. The van der Waals surface area contributed by atoms with Crippen molar-refractivity contribution >= 4 is 15.9 Å². The van der Waals surface area contributed by atoms with E-state index in [0.29, 0.717) is 11.1 Å². The molecule has 2 N–H and O–H groups in total. The van der Waals surface area contributed by atoms with Crippen molar-refractivity contribution in [2.24, 2.45) is 5.73 Å². The third-order valence-electron chi connectivity index (χ3n) is 3.19. The van der Waals surface area contributed by atoms with Crippen LogP contribution in [0.1, 0.15) is 28.3 Å². The van der Waals surface area contributed by atoms with Gasteiger partial charge in [-0.05, 0) is 48.7 Å². The molecule has 0 aliphatic rings. The Kier molecular flexibility index (Phi) is 4.02. The van der Waals surface area contributed by atoms with Crippen LogP contribution in [0.15, 0.2) is 34.8 Å². The van der Waals surface area contributed by atoms with Crippen LogP contribution in [-0.4, -0.2) is 0 Å². The summed E-state index contributed by atoms with van der Waals surface area (Å²) in [4.78, 5) is 0. The van der Waals surface area contributed by atoms with Gasteiger partial charge in [0.05, 0.1) is 6.04 Å². The molecule has 0 saturated carbocycles. The van der Waals surface area contributed by atoms with Gasteiger partial charge in [-0.2, -0.15) is 0 Å². The van der Waals surface area contributed by atoms with Crippen molar-refractivity contribution in [2.45, 2.75) is 19.9 Å². The fourth-order valence-electron chi connectivity index (χ4n) is 2.03. The maximum absolute atomic E-state index is 13.9. The second-order valence-electron chi connectivity index (χ2n) is 4.60. The average Bonchev–Trinajstić information content (AvgIpc) is 2.36. The summed E-state index contributed by atoms with van der Waals surface area (Å²) < 4.78 is 28.0. The SMILES string of the molecule is Cc1cc(C(N)c2cc(Br)ccc2C)c(F)cc1F. The highest BCUT2D eigenvalue weighted by Crippen LogP contribution is 2.28. The van der Waals surface area contributed by atoms with Gasteiger partial charge in [0.2, 0.25) is 0 Å². The van der Waals surface area contributed by atoms with Crippen molar-refractivity contribution in [1.29, 1.82) is 0 Å². The highest BCUT2D eigenvalue weighted by molar-refractivity contribution is 9.10. The van der Waals surface area contributed by atoms with E-state index in [4.69, 9.17) is 5.73 Å². The van der Waals surface area contributed by atoms with E-state index in [1.54, 1.807) is 6.92 Å². The normalized spacial score (nSPS) is 12.5. The van der Waals surface area contributed by atoms with Crippen LogP contribution >= 0.6 is 15.9 Å². The molecule has 4 heteroatoms. The fourth-order valence-corrected chi connectivity index (χ4v) is 2.41. The Labute approximate surface area is 119 Å². The quantitative estimate of drug-likeness (QED) is 0.870. The van der Waals surface area contributed by atoms with Gasteiger partial charge in [0.15, 0.2) is 0 Å². The molecule has 2 aromatic carbocycles. The number of halogens is 3. The predicted octanol–water partition coefficient (Wildman–Crippen LogP) is 4.39. The molecule has 19 heavy (non-hydrogen) atoms. The Morgan fingerprint density at radius 1 is 0.947 bits per heavy atom. The molecule has 0 spiro atoms. The summed E-state index contributed by atoms with van der Waals surface area (Å²) in [5.74, 6) is -1.17. The van der Waals surface area contributed by atoms with Crippen molar-refractivity contribution in [3.05, 3.63) is 68.7 Å². The summed E-state index contributed by atoms with van der Waals surface area (Å²) in [6, 6.07) is 7.41. The number of rotatable bonds is 2. The van der Waals surface area contributed by atoms with Crippen molar-refractivity contribution < 1.29 is 8.78 Å². The minimum absolute atomic E-state index is 0.306. The zero-order chi connectivity index (χ0) is 14.2. The number of nitrogens with two attached hydrogens (primary N) is 1. The van der Waals surface area contributed by atoms with E-state index >= 15 is 0 Å². The standard InChI is InChI=1S/C15H14BrF2N/c1-8-3-4-10(16)6-11(8)15(19)12-5-9(2)13(17)7-14(12)18/h3-7,15H,19H2,1-2H3. The molecule has 0 aliphatic heterocycles. The molecular weight excluding hydrogens is 312 g/mol. The van der Waals surface area contributed by atoms with Crippen molar-refractivity contribution in [3.8, 4) is 0 Å². The molecular formula is C15H14BrF2N. The van der Waals surface area contributed by atoms with Gasteiger partial charge in [-0.3, -0.25) is 0 Å². The molecule has 0 saturated heterocycles. The first-order valence-electron chi connectivity index (χ1n) is 5.87. The van der Waals surface area contributed by atoms with Crippen LogP contribution in [0, 0.1) is 25.5 Å². The number of benzene rings is 2. The second kappa shape index (κ2) is 5.39. The van der Waals surface area contributed by atoms with Gasteiger partial charge in [0.1, 0.15) is 11.6 Å². The summed E-state index contributed by atoms with van der Waals surface area (Å²) in [5.41, 5.74) is 8.60. The van der Waals surface area contributed by atoms with Crippen LogP contribution in [-0.2, 0) is 0 Å². The first-order valence-corrected chi connectivity index (χ1v) is 6.66. The predicted molar refractivity (Wildman–Crippen MR) is 76.0 cm³/mol. The van der Waals surface area contributed by atoms with Gasteiger partial charge in [0, 0.05) is 16.1 Å². The van der Waals surface area contributed by atoms with Gasteiger partial charge >= 0.3 is 0 Å². The van der Waals surface area contributed by atoms with Gasteiger partial charge < -0.3 is 5.73 Å². The number of hydrogen-bond donors (Lipinski definition) is 1. The highest BCUT2D eigenvalue weighted by atomic mass is 79.9. The van der Waals surface area contributed by atoms with E-state index in [1.807, 2.05) is 25.1 Å². The Balaban J connectivity index is 2.52. The molecule has 0 aromatic heterocycles. The van der Waals surface area contributed by atoms with Crippen molar-refractivity contribution in [2.75, 3.05) is 0 Å². The Morgan fingerprint density at radius 3 is 2.32 bits per heavy atom. The molecule has 0 bridgehead atoms. The molecule has 100 valence electrons. The van der Waals surface area contributed by atoms with Gasteiger partial charge in [-0.1, -0.05) is 22.0 Å². The van der Waals surface area contributed by atoms with Gasteiger partial charge in [-0.15, -0.1) is 0 Å². The average molecular weight is 326 g/mol. The Hall–Kier alpha value is -1.26. The smallest absolute Gasteiger partial charge is 0.131 e. The highest BCUT2D eigenvalue weighted by Gasteiger charge is 2.17. The molecule has 0 radical (unpaired) electrons.